The molecular weight excluding hydrogens is 226 g/mol. The van der Waals surface area contributed by atoms with Crippen LogP contribution in [0, 0.1) is 19.8 Å². The fourth-order valence-corrected chi connectivity index (χ4v) is 2.70. The first kappa shape index (κ1) is 13.1. The van der Waals surface area contributed by atoms with Crippen LogP contribution in [0.4, 0.5) is 0 Å². The number of carbonyl (C=O) groups is 1. The van der Waals surface area contributed by atoms with Crippen LogP contribution in [-0.2, 0) is 0 Å². The number of hydrogen-bond donors (Lipinski definition) is 1. The third-order valence-electron chi connectivity index (χ3n) is 3.56. The molecule has 98 valence electrons. The number of rotatable bonds is 3. The first-order valence-corrected chi connectivity index (χ1v) is 6.53. The summed E-state index contributed by atoms with van der Waals surface area (Å²) in [6.07, 6.45) is 2.05. The van der Waals surface area contributed by atoms with Crippen LogP contribution in [0.1, 0.15) is 34.3 Å². The van der Waals surface area contributed by atoms with Gasteiger partial charge in [-0.15, -0.1) is 0 Å². The highest BCUT2D eigenvalue weighted by atomic mass is 16.5. The molecule has 1 aliphatic rings. The van der Waals surface area contributed by atoms with Crippen molar-refractivity contribution < 1.29 is 9.53 Å². The van der Waals surface area contributed by atoms with Gasteiger partial charge in [-0.1, -0.05) is 6.07 Å². The second-order valence-corrected chi connectivity index (χ2v) is 5.07. The highest BCUT2D eigenvalue weighted by Gasteiger charge is 2.25. The zero-order valence-electron chi connectivity index (χ0n) is 11.4. The van der Waals surface area contributed by atoms with E-state index >= 15 is 0 Å². The first-order valence-electron chi connectivity index (χ1n) is 6.53. The number of carbonyl (C=O) groups excluding carboxylic acids is 1. The summed E-state index contributed by atoms with van der Waals surface area (Å²) in [6, 6.07) is 4.00. The van der Waals surface area contributed by atoms with Gasteiger partial charge in [0.15, 0.2) is 5.78 Å². The van der Waals surface area contributed by atoms with Gasteiger partial charge in [0.05, 0.1) is 12.7 Å². The topological polar surface area (TPSA) is 38.3 Å². The van der Waals surface area contributed by atoms with Crippen molar-refractivity contribution in [2.24, 2.45) is 5.92 Å². The van der Waals surface area contributed by atoms with Crippen LogP contribution in [0.25, 0.3) is 0 Å². The van der Waals surface area contributed by atoms with Gasteiger partial charge in [0.2, 0.25) is 0 Å². The monoisotopic (exact) mass is 247 g/mol. The van der Waals surface area contributed by atoms with Crippen molar-refractivity contribution in [3.63, 3.8) is 0 Å². The van der Waals surface area contributed by atoms with E-state index in [0.717, 1.165) is 48.4 Å². The van der Waals surface area contributed by atoms with Gasteiger partial charge in [-0.25, -0.2) is 0 Å². The van der Waals surface area contributed by atoms with Gasteiger partial charge in [-0.3, -0.25) is 4.79 Å². The van der Waals surface area contributed by atoms with E-state index in [-0.39, 0.29) is 11.7 Å². The molecule has 3 nitrogen and oxygen atoms in total. The van der Waals surface area contributed by atoms with Crippen LogP contribution in [0.15, 0.2) is 12.1 Å². The van der Waals surface area contributed by atoms with Crippen molar-refractivity contribution in [1.29, 1.82) is 0 Å². The van der Waals surface area contributed by atoms with E-state index in [4.69, 9.17) is 4.74 Å². The summed E-state index contributed by atoms with van der Waals surface area (Å²) < 4.78 is 5.40. The lowest BCUT2D eigenvalue weighted by Crippen LogP contribution is -2.34. The molecule has 3 heteroatoms. The van der Waals surface area contributed by atoms with Gasteiger partial charge >= 0.3 is 0 Å². The summed E-state index contributed by atoms with van der Waals surface area (Å²) in [5.74, 6) is 1.04. The number of nitrogens with one attached hydrogen (secondary N) is 1. The van der Waals surface area contributed by atoms with Crippen LogP contribution >= 0.6 is 0 Å². The van der Waals surface area contributed by atoms with Gasteiger partial charge in [0.1, 0.15) is 5.75 Å². The highest BCUT2D eigenvalue weighted by Crippen LogP contribution is 2.28. The molecule has 0 amide bonds. The molecule has 1 aliphatic heterocycles. The molecular formula is C15H21NO2. The lowest BCUT2D eigenvalue weighted by atomic mass is 9.89. The third-order valence-corrected chi connectivity index (χ3v) is 3.56. The Hall–Kier alpha value is -1.35. The Bertz CT molecular complexity index is 448. The van der Waals surface area contributed by atoms with Gasteiger partial charge < -0.3 is 10.1 Å². The second kappa shape index (κ2) is 5.53. The minimum atomic E-state index is 0.0915. The van der Waals surface area contributed by atoms with E-state index in [9.17, 15) is 4.79 Å². The van der Waals surface area contributed by atoms with Crippen molar-refractivity contribution in [3.05, 3.63) is 28.8 Å². The lowest BCUT2D eigenvalue weighted by molar-refractivity contribution is 0.0896. The normalized spacial score (nSPS) is 19.6. The van der Waals surface area contributed by atoms with Crippen molar-refractivity contribution in [3.8, 4) is 5.75 Å². The Balaban J connectivity index is 2.33. The van der Waals surface area contributed by atoms with Crippen molar-refractivity contribution >= 4 is 5.78 Å². The number of aryl methyl sites for hydroxylation is 2. The number of hydrogen-bond acceptors (Lipinski definition) is 3. The molecule has 0 saturated carbocycles. The first-order chi connectivity index (χ1) is 8.63. The Kier molecular flexibility index (Phi) is 4.02. The fourth-order valence-electron chi connectivity index (χ4n) is 2.70. The van der Waals surface area contributed by atoms with Gasteiger partial charge in [0, 0.05) is 12.5 Å². The van der Waals surface area contributed by atoms with Crippen LogP contribution in [-0.4, -0.2) is 26.0 Å². The summed E-state index contributed by atoms with van der Waals surface area (Å²) in [5, 5.41) is 3.29. The summed E-state index contributed by atoms with van der Waals surface area (Å²) in [5.41, 5.74) is 2.88. The van der Waals surface area contributed by atoms with Crippen LogP contribution in [0.5, 0.6) is 5.75 Å². The van der Waals surface area contributed by atoms with E-state index in [1.54, 1.807) is 7.11 Å². The summed E-state index contributed by atoms with van der Waals surface area (Å²) >= 11 is 0. The zero-order valence-corrected chi connectivity index (χ0v) is 11.4. The van der Waals surface area contributed by atoms with Crippen molar-refractivity contribution in [2.45, 2.75) is 26.7 Å². The Morgan fingerprint density at radius 1 is 1.39 bits per heavy atom. The summed E-state index contributed by atoms with van der Waals surface area (Å²) in [4.78, 5) is 12.6. The standard InChI is InChI=1S/C15H21NO2/c1-10-7-11(2)15(18-3)13(8-10)14(17)12-5-4-6-16-9-12/h7-8,12,16H,4-6,9H2,1-3H3. The molecule has 1 fully saturated rings. The van der Waals surface area contributed by atoms with E-state index in [1.165, 1.54) is 0 Å². The van der Waals surface area contributed by atoms with E-state index in [0.29, 0.717) is 0 Å². The SMILES string of the molecule is COc1c(C)cc(C)cc1C(=O)C1CCCNC1. The maximum absolute atomic E-state index is 12.6. The molecule has 0 bridgehead atoms. The number of benzene rings is 1. The Labute approximate surface area is 109 Å². The van der Waals surface area contributed by atoms with Crippen LogP contribution in [0.2, 0.25) is 0 Å². The van der Waals surface area contributed by atoms with Crippen LogP contribution in [0.3, 0.4) is 0 Å². The molecule has 1 aromatic rings. The predicted molar refractivity (Wildman–Crippen MR) is 72.4 cm³/mol. The van der Waals surface area contributed by atoms with Crippen LogP contribution < -0.4 is 10.1 Å². The van der Waals surface area contributed by atoms with Gasteiger partial charge in [0.25, 0.3) is 0 Å². The molecule has 2 rings (SSSR count). The molecule has 1 aromatic carbocycles. The maximum Gasteiger partial charge on any atom is 0.170 e. The fraction of sp³-hybridized carbons (Fsp3) is 0.533. The van der Waals surface area contributed by atoms with E-state index in [2.05, 4.69) is 11.4 Å². The lowest BCUT2D eigenvalue weighted by Gasteiger charge is -2.23. The number of ketones is 1. The number of ether oxygens (including phenoxy) is 1. The number of piperidine rings is 1. The molecule has 1 N–H and O–H groups in total. The Morgan fingerprint density at radius 3 is 2.78 bits per heavy atom. The van der Waals surface area contributed by atoms with E-state index < -0.39 is 0 Å². The predicted octanol–water partition coefficient (Wildman–Crippen LogP) is 2.49. The smallest absolute Gasteiger partial charge is 0.170 e. The molecule has 0 spiro atoms. The van der Waals surface area contributed by atoms with Crippen molar-refractivity contribution in [2.75, 3.05) is 20.2 Å². The number of methoxy groups -OCH3 is 1. The molecule has 1 atom stereocenters. The Morgan fingerprint density at radius 2 is 2.17 bits per heavy atom. The van der Waals surface area contributed by atoms with Crippen molar-refractivity contribution in [1.82, 2.24) is 5.32 Å². The molecule has 1 saturated heterocycles. The average Bonchev–Trinajstić information content (AvgIpc) is 2.38. The molecule has 18 heavy (non-hydrogen) atoms. The molecule has 1 unspecified atom stereocenters. The maximum atomic E-state index is 12.6. The minimum Gasteiger partial charge on any atom is -0.496 e. The van der Waals surface area contributed by atoms with E-state index in [1.807, 2.05) is 19.9 Å². The molecule has 0 radical (unpaired) electrons. The highest BCUT2D eigenvalue weighted by molar-refractivity contribution is 6.01. The molecule has 0 aromatic heterocycles. The average molecular weight is 247 g/mol. The van der Waals surface area contributed by atoms with Gasteiger partial charge in [-0.2, -0.15) is 0 Å². The molecule has 0 aliphatic carbocycles. The largest absolute Gasteiger partial charge is 0.496 e. The third kappa shape index (κ3) is 2.56. The number of Topliss-reactive ketones (excluding diaryl/α,β-unsaturated/α-hetero) is 1. The zero-order chi connectivity index (χ0) is 13.1. The summed E-state index contributed by atoms with van der Waals surface area (Å²) in [6.45, 7) is 5.81. The quantitative estimate of drug-likeness (QED) is 0.834. The minimum absolute atomic E-state index is 0.0915. The second-order valence-electron chi connectivity index (χ2n) is 5.07. The van der Waals surface area contributed by atoms with Gasteiger partial charge in [-0.05, 0) is 50.4 Å². The molecule has 1 heterocycles. The summed E-state index contributed by atoms with van der Waals surface area (Å²) in [7, 11) is 1.63.